The van der Waals surface area contributed by atoms with Crippen molar-refractivity contribution in [1.82, 2.24) is 24.3 Å². The van der Waals surface area contributed by atoms with Crippen molar-refractivity contribution in [3.05, 3.63) is 80.5 Å². The maximum absolute atomic E-state index is 13.1. The van der Waals surface area contributed by atoms with Crippen molar-refractivity contribution in [1.29, 1.82) is 0 Å². The third kappa shape index (κ3) is 4.59. The summed E-state index contributed by atoms with van der Waals surface area (Å²) in [6.45, 7) is 7.34. The van der Waals surface area contributed by atoms with Crippen LogP contribution in [0.15, 0.2) is 51.2 Å². The molecule has 0 saturated carbocycles. The lowest BCUT2D eigenvalue weighted by Crippen LogP contribution is -2.48. The van der Waals surface area contributed by atoms with E-state index in [2.05, 4.69) is 15.0 Å². The third-order valence-electron chi connectivity index (χ3n) is 6.05. The lowest BCUT2D eigenvalue weighted by molar-refractivity contribution is 0.0626. The van der Waals surface area contributed by atoms with Crippen molar-refractivity contribution >= 4 is 22.2 Å². The van der Waals surface area contributed by atoms with Gasteiger partial charge < -0.3 is 14.2 Å². The highest BCUT2D eigenvalue weighted by atomic mass is 32.1. The number of ether oxygens (including phenoxy) is 1. The van der Waals surface area contributed by atoms with E-state index in [4.69, 9.17) is 9.26 Å². The number of hydrogen-bond acceptors (Lipinski definition) is 8. The molecule has 1 aliphatic heterocycles. The Morgan fingerprint density at radius 1 is 1.18 bits per heavy atom. The van der Waals surface area contributed by atoms with E-state index in [1.165, 1.54) is 11.3 Å². The molecule has 0 aliphatic carbocycles. The molecular formula is C24H25N5O4S. The predicted octanol–water partition coefficient (Wildman–Crippen LogP) is 2.90. The second-order valence-electron chi connectivity index (χ2n) is 8.33. The van der Waals surface area contributed by atoms with E-state index in [0.717, 1.165) is 35.8 Å². The number of carbonyl (C=O) groups is 1. The van der Waals surface area contributed by atoms with Gasteiger partial charge in [-0.05, 0) is 32.0 Å². The lowest BCUT2D eigenvalue weighted by atomic mass is 10.1. The zero-order chi connectivity index (χ0) is 23.7. The molecule has 1 saturated heterocycles. The molecule has 1 aromatic carbocycles. The number of fused-ring (bicyclic) bond motifs is 1. The van der Waals surface area contributed by atoms with E-state index in [-0.39, 0.29) is 11.5 Å². The number of thiazole rings is 1. The maximum atomic E-state index is 13.1. The number of nitrogens with zero attached hydrogens (tertiary/aromatic N) is 5. The van der Waals surface area contributed by atoms with Gasteiger partial charge in [-0.25, -0.2) is 4.98 Å². The van der Waals surface area contributed by atoms with Gasteiger partial charge in [0.25, 0.3) is 11.5 Å². The van der Waals surface area contributed by atoms with Crippen molar-refractivity contribution < 1.29 is 14.1 Å². The molecule has 4 heterocycles. The summed E-state index contributed by atoms with van der Waals surface area (Å²) in [5.41, 5.74) is 3.02. The van der Waals surface area contributed by atoms with Gasteiger partial charge in [0.2, 0.25) is 0 Å². The molecule has 0 unspecified atom stereocenters. The summed E-state index contributed by atoms with van der Waals surface area (Å²) < 4.78 is 12.6. The number of benzene rings is 1. The first-order valence-corrected chi connectivity index (χ1v) is 12.0. The predicted molar refractivity (Wildman–Crippen MR) is 127 cm³/mol. The molecule has 5 rings (SSSR count). The fraction of sp³-hybridized carbons (Fsp3) is 0.333. The second-order valence-corrected chi connectivity index (χ2v) is 9.20. The number of aryl methyl sites for hydroxylation is 2. The molecule has 0 spiro atoms. The monoisotopic (exact) mass is 479 g/mol. The first kappa shape index (κ1) is 22.3. The van der Waals surface area contributed by atoms with Crippen LogP contribution in [0.2, 0.25) is 0 Å². The van der Waals surface area contributed by atoms with E-state index < -0.39 is 0 Å². The first-order chi connectivity index (χ1) is 16.5. The molecule has 4 aromatic rings. The fourth-order valence-electron chi connectivity index (χ4n) is 4.07. The van der Waals surface area contributed by atoms with Crippen LogP contribution in [-0.2, 0) is 13.2 Å². The molecule has 1 amide bonds. The standard InChI is InChI=1S/C24H25N5O4S/c1-16-21(17(2)33-26-16)15-32-20-5-3-4-18(12-20)23(31)28-8-6-27(7-9-28)14-19-13-22(30)29-10-11-34-24(29)25-19/h3-5,10-13H,6-9,14-15H2,1-2H3. The zero-order valence-electron chi connectivity index (χ0n) is 19.1. The highest BCUT2D eigenvalue weighted by Crippen LogP contribution is 2.20. The molecule has 0 N–H and O–H groups in total. The fourth-order valence-corrected chi connectivity index (χ4v) is 4.81. The molecule has 0 bridgehead atoms. The highest BCUT2D eigenvalue weighted by Gasteiger charge is 2.23. The van der Waals surface area contributed by atoms with Crippen LogP contribution in [0.3, 0.4) is 0 Å². The van der Waals surface area contributed by atoms with Gasteiger partial charge >= 0.3 is 0 Å². The Balaban J connectivity index is 1.18. The van der Waals surface area contributed by atoms with E-state index >= 15 is 0 Å². The summed E-state index contributed by atoms with van der Waals surface area (Å²) >= 11 is 1.45. The Kier molecular flexibility index (Phi) is 6.16. The zero-order valence-corrected chi connectivity index (χ0v) is 19.9. The minimum Gasteiger partial charge on any atom is -0.489 e. The normalized spacial score (nSPS) is 14.6. The van der Waals surface area contributed by atoms with Crippen LogP contribution < -0.4 is 10.3 Å². The first-order valence-electron chi connectivity index (χ1n) is 11.1. The molecule has 9 nitrogen and oxygen atoms in total. The molecule has 1 fully saturated rings. The molecule has 10 heteroatoms. The van der Waals surface area contributed by atoms with Gasteiger partial charge in [0.1, 0.15) is 18.1 Å². The Hall–Kier alpha value is -3.50. The van der Waals surface area contributed by atoms with Gasteiger partial charge in [-0.3, -0.25) is 18.9 Å². The summed E-state index contributed by atoms with van der Waals surface area (Å²) in [4.78, 5) is 34.7. The molecule has 3 aromatic heterocycles. The molecule has 0 atom stereocenters. The van der Waals surface area contributed by atoms with Crippen LogP contribution in [0.5, 0.6) is 5.75 Å². The van der Waals surface area contributed by atoms with E-state index in [9.17, 15) is 9.59 Å². The van der Waals surface area contributed by atoms with E-state index in [1.807, 2.05) is 42.3 Å². The summed E-state index contributed by atoms with van der Waals surface area (Å²) in [6.07, 6.45) is 1.74. The van der Waals surface area contributed by atoms with Crippen LogP contribution >= 0.6 is 11.3 Å². The van der Waals surface area contributed by atoms with Crippen LogP contribution in [0.1, 0.15) is 33.1 Å². The lowest BCUT2D eigenvalue weighted by Gasteiger charge is -2.34. The molecular weight excluding hydrogens is 454 g/mol. The summed E-state index contributed by atoms with van der Waals surface area (Å²) in [7, 11) is 0. The topological polar surface area (TPSA) is 93.2 Å². The van der Waals surface area contributed by atoms with Gasteiger partial charge in [0, 0.05) is 55.9 Å². The van der Waals surface area contributed by atoms with Gasteiger partial charge in [-0.2, -0.15) is 0 Å². The SMILES string of the molecule is Cc1noc(C)c1COc1cccc(C(=O)N2CCN(Cc3cc(=O)n4ccsc4n3)CC2)c1. The number of hydrogen-bond donors (Lipinski definition) is 0. The van der Waals surface area contributed by atoms with Crippen LogP contribution in [-0.4, -0.2) is 56.4 Å². The molecule has 1 aliphatic rings. The van der Waals surface area contributed by atoms with Crippen molar-refractivity contribution in [2.75, 3.05) is 26.2 Å². The van der Waals surface area contributed by atoms with Gasteiger partial charge in [-0.15, -0.1) is 11.3 Å². The largest absolute Gasteiger partial charge is 0.489 e. The Morgan fingerprint density at radius 2 is 2.00 bits per heavy atom. The van der Waals surface area contributed by atoms with Crippen LogP contribution in [0, 0.1) is 13.8 Å². The summed E-state index contributed by atoms with van der Waals surface area (Å²) in [5, 5.41) is 5.80. The number of rotatable bonds is 6. The average Bonchev–Trinajstić information content (AvgIpc) is 3.44. The maximum Gasteiger partial charge on any atom is 0.258 e. The van der Waals surface area contributed by atoms with E-state index in [0.29, 0.717) is 42.5 Å². The number of carbonyl (C=O) groups excluding carboxylic acids is 1. The van der Waals surface area contributed by atoms with E-state index in [1.54, 1.807) is 22.7 Å². The summed E-state index contributed by atoms with van der Waals surface area (Å²) in [6, 6.07) is 8.85. The Labute approximate surface area is 200 Å². The van der Waals surface area contributed by atoms with Crippen molar-refractivity contribution in [3.63, 3.8) is 0 Å². The van der Waals surface area contributed by atoms with Crippen LogP contribution in [0.4, 0.5) is 0 Å². The highest BCUT2D eigenvalue weighted by molar-refractivity contribution is 7.15. The number of piperazine rings is 1. The summed E-state index contributed by atoms with van der Waals surface area (Å²) in [5.74, 6) is 1.35. The van der Waals surface area contributed by atoms with Crippen molar-refractivity contribution in [2.45, 2.75) is 27.0 Å². The second kappa shape index (κ2) is 9.40. The molecule has 34 heavy (non-hydrogen) atoms. The van der Waals surface area contributed by atoms with Crippen molar-refractivity contribution in [3.8, 4) is 5.75 Å². The van der Waals surface area contributed by atoms with Gasteiger partial charge in [0.15, 0.2) is 4.96 Å². The number of amides is 1. The Bertz CT molecular complexity index is 1360. The smallest absolute Gasteiger partial charge is 0.258 e. The minimum atomic E-state index is -0.0634. The third-order valence-corrected chi connectivity index (χ3v) is 6.80. The molecule has 176 valence electrons. The Morgan fingerprint density at radius 3 is 2.76 bits per heavy atom. The average molecular weight is 480 g/mol. The number of aromatic nitrogens is 3. The van der Waals surface area contributed by atoms with Crippen LogP contribution in [0.25, 0.3) is 4.96 Å². The van der Waals surface area contributed by atoms with Crippen molar-refractivity contribution in [2.24, 2.45) is 0 Å². The molecule has 0 radical (unpaired) electrons. The quantitative estimate of drug-likeness (QED) is 0.420. The minimum absolute atomic E-state index is 0.0150. The van der Waals surface area contributed by atoms with Gasteiger partial charge in [0.05, 0.1) is 17.0 Å². The van der Waals surface area contributed by atoms with Gasteiger partial charge in [-0.1, -0.05) is 11.2 Å².